The highest BCUT2D eigenvalue weighted by atomic mass is 79.9. The van der Waals surface area contributed by atoms with Crippen molar-refractivity contribution in [2.24, 2.45) is 0 Å². The normalized spacial score (nSPS) is 11.0. The minimum absolute atomic E-state index is 0.0183. The lowest BCUT2D eigenvalue weighted by Crippen LogP contribution is -2.32. The van der Waals surface area contributed by atoms with Crippen molar-refractivity contribution >= 4 is 38.9 Å². The van der Waals surface area contributed by atoms with Crippen molar-refractivity contribution in [1.82, 2.24) is 4.90 Å². The zero-order valence-corrected chi connectivity index (χ0v) is 14.6. The first kappa shape index (κ1) is 18.0. The van der Waals surface area contributed by atoms with Gasteiger partial charge in [-0.05, 0) is 46.7 Å². The maximum Gasteiger partial charge on any atom is 0.238 e. The number of carbonyl (C=O) groups is 1. The Balaban J connectivity index is 1.99. The summed E-state index contributed by atoms with van der Waals surface area (Å²) in [5, 5.41) is 2.27. The number of nitrogens with one attached hydrogen (secondary N) is 1. The molecule has 3 nitrogen and oxygen atoms in total. The van der Waals surface area contributed by atoms with E-state index in [4.69, 9.17) is 0 Å². The summed E-state index contributed by atoms with van der Waals surface area (Å²) in [6.45, 7) is 3.10. The zero-order chi connectivity index (χ0) is 17.0. The highest BCUT2D eigenvalue weighted by Crippen LogP contribution is 2.23. The topological polar surface area (TPSA) is 32.3 Å². The first-order valence-electron chi connectivity index (χ1n) is 6.80. The Morgan fingerprint density at radius 3 is 2.57 bits per heavy atom. The Labute approximate surface area is 144 Å². The van der Waals surface area contributed by atoms with Crippen molar-refractivity contribution in [3.05, 3.63) is 50.4 Å². The molecule has 0 fully saturated rings. The van der Waals surface area contributed by atoms with Crippen LogP contribution in [0.4, 0.5) is 18.9 Å². The summed E-state index contributed by atoms with van der Waals surface area (Å²) >= 11 is 4.93. The number of benzene rings is 1. The van der Waals surface area contributed by atoms with Crippen molar-refractivity contribution in [1.29, 1.82) is 0 Å². The minimum atomic E-state index is -1.60. The van der Waals surface area contributed by atoms with Crippen molar-refractivity contribution < 1.29 is 18.0 Å². The highest BCUT2D eigenvalue weighted by molar-refractivity contribution is 9.11. The smallest absolute Gasteiger partial charge is 0.238 e. The van der Waals surface area contributed by atoms with Crippen LogP contribution in [0.2, 0.25) is 0 Å². The number of likely N-dealkylation sites (N-methyl/N-ethyl adjacent to an activating group) is 1. The van der Waals surface area contributed by atoms with E-state index in [2.05, 4.69) is 21.2 Å². The molecule has 0 bridgehead atoms. The number of nitrogens with zero attached hydrogens (tertiary/aromatic N) is 1. The van der Waals surface area contributed by atoms with E-state index in [1.54, 1.807) is 11.3 Å². The van der Waals surface area contributed by atoms with Crippen molar-refractivity contribution in [2.45, 2.75) is 13.5 Å². The van der Waals surface area contributed by atoms with E-state index >= 15 is 0 Å². The van der Waals surface area contributed by atoms with Crippen LogP contribution in [0.1, 0.15) is 11.8 Å². The van der Waals surface area contributed by atoms with Crippen molar-refractivity contribution in [3.8, 4) is 0 Å². The van der Waals surface area contributed by atoms with Crippen molar-refractivity contribution in [2.75, 3.05) is 18.4 Å². The Morgan fingerprint density at radius 1 is 1.22 bits per heavy atom. The van der Waals surface area contributed by atoms with E-state index in [0.717, 1.165) is 20.8 Å². The van der Waals surface area contributed by atoms with Crippen LogP contribution in [-0.2, 0) is 11.3 Å². The molecular weight excluding hydrogens is 393 g/mol. The first-order chi connectivity index (χ1) is 10.9. The molecule has 23 heavy (non-hydrogen) atoms. The molecule has 1 heterocycles. The quantitative estimate of drug-likeness (QED) is 0.721. The highest BCUT2D eigenvalue weighted by Gasteiger charge is 2.17. The van der Waals surface area contributed by atoms with E-state index in [9.17, 15) is 18.0 Å². The molecule has 124 valence electrons. The summed E-state index contributed by atoms with van der Waals surface area (Å²) in [4.78, 5) is 14.9. The average Bonchev–Trinajstić information content (AvgIpc) is 2.92. The number of rotatable bonds is 6. The molecule has 1 aromatic carbocycles. The predicted molar refractivity (Wildman–Crippen MR) is 87.9 cm³/mol. The number of anilines is 1. The van der Waals surface area contributed by atoms with Crippen LogP contribution in [0, 0.1) is 17.5 Å². The molecule has 0 spiro atoms. The summed E-state index contributed by atoms with van der Waals surface area (Å²) in [5.74, 6) is -4.78. The standard InChI is InChI=1S/C15H14BrF3N2OS/c1-2-21(7-9-3-6-12(16)23-9)8-13(22)20-11-5-4-10(17)14(18)15(11)19/h3-6H,2,7-8H2,1H3,(H,20,22). The molecule has 0 aliphatic carbocycles. The molecule has 2 aromatic rings. The largest absolute Gasteiger partial charge is 0.322 e. The second kappa shape index (κ2) is 7.94. The van der Waals surface area contributed by atoms with Gasteiger partial charge >= 0.3 is 0 Å². The van der Waals surface area contributed by atoms with Gasteiger partial charge in [0.2, 0.25) is 5.91 Å². The van der Waals surface area contributed by atoms with Crippen LogP contribution in [0.3, 0.4) is 0 Å². The van der Waals surface area contributed by atoms with Crippen LogP contribution in [-0.4, -0.2) is 23.9 Å². The number of hydrogen-bond acceptors (Lipinski definition) is 3. The van der Waals surface area contributed by atoms with Crippen LogP contribution in [0.15, 0.2) is 28.1 Å². The van der Waals surface area contributed by atoms with E-state index in [1.807, 2.05) is 24.0 Å². The second-order valence-electron chi connectivity index (χ2n) is 4.78. The number of amides is 1. The number of carbonyl (C=O) groups excluding carboxylic acids is 1. The molecule has 0 saturated heterocycles. The minimum Gasteiger partial charge on any atom is -0.322 e. The van der Waals surface area contributed by atoms with Gasteiger partial charge in [-0.15, -0.1) is 11.3 Å². The lowest BCUT2D eigenvalue weighted by Gasteiger charge is -2.19. The van der Waals surface area contributed by atoms with Crippen LogP contribution < -0.4 is 5.32 Å². The lowest BCUT2D eigenvalue weighted by molar-refractivity contribution is -0.117. The molecule has 0 radical (unpaired) electrons. The van der Waals surface area contributed by atoms with Gasteiger partial charge in [-0.3, -0.25) is 9.69 Å². The van der Waals surface area contributed by atoms with Gasteiger partial charge in [0, 0.05) is 11.4 Å². The van der Waals surface area contributed by atoms with Gasteiger partial charge in [0.15, 0.2) is 17.5 Å². The van der Waals surface area contributed by atoms with E-state index < -0.39 is 23.4 Å². The fourth-order valence-corrected chi connectivity index (χ4v) is 3.48. The zero-order valence-electron chi connectivity index (χ0n) is 12.2. The van der Waals surface area contributed by atoms with Crippen molar-refractivity contribution in [3.63, 3.8) is 0 Å². The Kier molecular flexibility index (Phi) is 6.20. The summed E-state index contributed by atoms with van der Waals surface area (Å²) in [5.41, 5.74) is -0.371. The SMILES string of the molecule is CCN(CC(=O)Nc1ccc(F)c(F)c1F)Cc1ccc(Br)s1. The second-order valence-corrected chi connectivity index (χ2v) is 7.33. The molecule has 2 rings (SSSR count). The summed E-state index contributed by atoms with van der Waals surface area (Å²) in [7, 11) is 0. The van der Waals surface area contributed by atoms with Gasteiger partial charge in [0.25, 0.3) is 0 Å². The summed E-state index contributed by atoms with van der Waals surface area (Å²) in [6, 6.07) is 5.64. The van der Waals surface area contributed by atoms with Gasteiger partial charge in [0.1, 0.15) is 0 Å². The lowest BCUT2D eigenvalue weighted by atomic mass is 10.2. The molecule has 1 amide bonds. The first-order valence-corrected chi connectivity index (χ1v) is 8.41. The monoisotopic (exact) mass is 406 g/mol. The molecule has 0 unspecified atom stereocenters. The molecule has 0 aliphatic heterocycles. The molecule has 1 N–H and O–H groups in total. The average molecular weight is 407 g/mol. The van der Waals surface area contributed by atoms with Gasteiger partial charge < -0.3 is 5.32 Å². The summed E-state index contributed by atoms with van der Waals surface area (Å²) in [6.07, 6.45) is 0. The Bertz CT molecular complexity index is 708. The summed E-state index contributed by atoms with van der Waals surface area (Å²) < 4.78 is 40.6. The van der Waals surface area contributed by atoms with Crippen LogP contribution in [0.5, 0.6) is 0 Å². The number of halogens is 4. The van der Waals surface area contributed by atoms with Gasteiger partial charge in [-0.1, -0.05) is 6.92 Å². The molecule has 8 heteroatoms. The molecule has 0 aliphatic rings. The number of hydrogen-bond donors (Lipinski definition) is 1. The molecule has 0 atom stereocenters. The third kappa shape index (κ3) is 4.79. The van der Waals surface area contributed by atoms with E-state index in [1.165, 1.54) is 0 Å². The predicted octanol–water partition coefficient (Wildman–Crippen LogP) is 4.39. The fourth-order valence-electron chi connectivity index (χ4n) is 1.95. The molecular formula is C15H14BrF3N2OS. The van der Waals surface area contributed by atoms with Crippen LogP contribution >= 0.6 is 27.3 Å². The third-order valence-electron chi connectivity index (χ3n) is 3.13. The Morgan fingerprint density at radius 2 is 1.96 bits per heavy atom. The fraction of sp³-hybridized carbons (Fsp3) is 0.267. The third-order valence-corrected chi connectivity index (χ3v) is 4.74. The maximum absolute atomic E-state index is 13.5. The van der Waals surface area contributed by atoms with Gasteiger partial charge in [0.05, 0.1) is 16.0 Å². The number of thiophene rings is 1. The maximum atomic E-state index is 13.5. The van der Waals surface area contributed by atoms with E-state index in [0.29, 0.717) is 13.1 Å². The van der Waals surface area contributed by atoms with Crippen LogP contribution in [0.25, 0.3) is 0 Å². The Hall–Kier alpha value is -1.38. The molecule has 1 aromatic heterocycles. The van der Waals surface area contributed by atoms with E-state index in [-0.39, 0.29) is 12.2 Å². The molecule has 0 saturated carbocycles. The van der Waals surface area contributed by atoms with Gasteiger partial charge in [-0.2, -0.15) is 0 Å². The van der Waals surface area contributed by atoms with Gasteiger partial charge in [-0.25, -0.2) is 13.2 Å².